The van der Waals surface area contributed by atoms with Crippen LogP contribution in [-0.4, -0.2) is 36.1 Å². The van der Waals surface area contributed by atoms with Gasteiger partial charge in [0.05, 0.1) is 0 Å². The number of aromatic nitrogens is 1. The topological polar surface area (TPSA) is 28.2 Å². The molecule has 1 N–H and O–H groups in total. The number of hydrogen-bond donors (Lipinski definition) is 1. The molecule has 1 heterocycles. The summed E-state index contributed by atoms with van der Waals surface area (Å²) in [7, 11) is 0. The lowest BCUT2D eigenvalue weighted by Gasteiger charge is -2.20. The molecule has 0 bridgehead atoms. The van der Waals surface area contributed by atoms with Crippen LogP contribution in [0.25, 0.3) is 0 Å². The van der Waals surface area contributed by atoms with E-state index in [9.17, 15) is 0 Å². The van der Waals surface area contributed by atoms with Crippen LogP contribution >= 0.6 is 0 Å². The summed E-state index contributed by atoms with van der Waals surface area (Å²) in [5.41, 5.74) is 1.26. The molecular formula is C14H23N3. The Hall–Kier alpha value is -0.930. The van der Waals surface area contributed by atoms with E-state index >= 15 is 0 Å². The Bertz CT molecular complexity index is 309. The van der Waals surface area contributed by atoms with Crippen molar-refractivity contribution in [3.63, 3.8) is 0 Å². The molecule has 3 nitrogen and oxygen atoms in total. The summed E-state index contributed by atoms with van der Waals surface area (Å²) >= 11 is 0. The van der Waals surface area contributed by atoms with Gasteiger partial charge in [0, 0.05) is 38.6 Å². The average molecular weight is 233 g/mol. The zero-order valence-electron chi connectivity index (χ0n) is 10.7. The summed E-state index contributed by atoms with van der Waals surface area (Å²) < 4.78 is 0. The molecule has 1 saturated carbocycles. The number of rotatable bonds is 8. The average Bonchev–Trinajstić information content (AvgIpc) is 3.18. The minimum absolute atomic E-state index is 0.925. The molecule has 0 atom stereocenters. The fraction of sp³-hybridized carbons (Fsp3) is 0.643. The molecule has 3 heteroatoms. The van der Waals surface area contributed by atoms with Crippen LogP contribution in [0.5, 0.6) is 0 Å². The van der Waals surface area contributed by atoms with Gasteiger partial charge in [-0.15, -0.1) is 0 Å². The molecule has 1 aromatic rings. The SMILES string of the molecule is CCN(CCNCc1cccnc1)CC1CC1. The van der Waals surface area contributed by atoms with Crippen LogP contribution in [0.1, 0.15) is 25.3 Å². The summed E-state index contributed by atoms with van der Waals surface area (Å²) in [6.07, 6.45) is 6.63. The van der Waals surface area contributed by atoms with Crippen molar-refractivity contribution in [2.45, 2.75) is 26.3 Å². The Morgan fingerprint density at radius 2 is 2.35 bits per heavy atom. The van der Waals surface area contributed by atoms with E-state index in [4.69, 9.17) is 0 Å². The predicted molar refractivity (Wildman–Crippen MR) is 70.8 cm³/mol. The first-order valence-corrected chi connectivity index (χ1v) is 6.70. The molecule has 0 saturated heterocycles. The third-order valence-electron chi connectivity index (χ3n) is 3.32. The van der Waals surface area contributed by atoms with Gasteiger partial charge >= 0.3 is 0 Å². The van der Waals surface area contributed by atoms with E-state index in [0.29, 0.717) is 0 Å². The molecule has 0 aliphatic heterocycles. The molecule has 2 rings (SSSR count). The first-order valence-electron chi connectivity index (χ1n) is 6.70. The summed E-state index contributed by atoms with van der Waals surface area (Å²) in [5.74, 6) is 0.994. The molecule has 0 aromatic carbocycles. The highest BCUT2D eigenvalue weighted by Gasteiger charge is 2.23. The van der Waals surface area contributed by atoms with E-state index in [1.165, 1.54) is 31.5 Å². The monoisotopic (exact) mass is 233 g/mol. The number of likely N-dealkylation sites (N-methyl/N-ethyl adjacent to an activating group) is 1. The van der Waals surface area contributed by atoms with E-state index in [-0.39, 0.29) is 0 Å². The first-order chi connectivity index (χ1) is 8.38. The predicted octanol–water partition coefficient (Wildman–Crippen LogP) is 1.90. The van der Waals surface area contributed by atoms with Gasteiger partial charge in [0.15, 0.2) is 0 Å². The van der Waals surface area contributed by atoms with Crippen LogP contribution in [0.4, 0.5) is 0 Å². The van der Waals surface area contributed by atoms with Gasteiger partial charge in [0.25, 0.3) is 0 Å². The highest BCUT2D eigenvalue weighted by Crippen LogP contribution is 2.29. The lowest BCUT2D eigenvalue weighted by atomic mass is 10.3. The normalized spacial score (nSPS) is 15.4. The maximum atomic E-state index is 4.11. The lowest BCUT2D eigenvalue weighted by molar-refractivity contribution is 0.275. The number of nitrogens with one attached hydrogen (secondary N) is 1. The van der Waals surface area contributed by atoms with Gasteiger partial charge in [-0.2, -0.15) is 0 Å². The lowest BCUT2D eigenvalue weighted by Crippen LogP contribution is -2.33. The molecule has 0 radical (unpaired) electrons. The Morgan fingerprint density at radius 3 is 3.00 bits per heavy atom. The Balaban J connectivity index is 1.58. The zero-order valence-corrected chi connectivity index (χ0v) is 10.7. The molecule has 1 aliphatic rings. The molecule has 1 aromatic heterocycles. The highest BCUT2D eigenvalue weighted by atomic mass is 15.1. The maximum absolute atomic E-state index is 4.11. The minimum Gasteiger partial charge on any atom is -0.311 e. The van der Waals surface area contributed by atoms with E-state index < -0.39 is 0 Å². The molecule has 0 unspecified atom stereocenters. The van der Waals surface area contributed by atoms with Crippen molar-refractivity contribution in [2.75, 3.05) is 26.2 Å². The van der Waals surface area contributed by atoms with Crippen molar-refractivity contribution in [2.24, 2.45) is 5.92 Å². The van der Waals surface area contributed by atoms with Gasteiger partial charge in [-0.05, 0) is 36.9 Å². The Morgan fingerprint density at radius 1 is 1.47 bits per heavy atom. The number of hydrogen-bond acceptors (Lipinski definition) is 3. The third-order valence-corrected chi connectivity index (χ3v) is 3.32. The number of pyridine rings is 1. The van der Waals surface area contributed by atoms with Crippen molar-refractivity contribution in [1.82, 2.24) is 15.2 Å². The van der Waals surface area contributed by atoms with E-state index in [1.54, 1.807) is 0 Å². The maximum Gasteiger partial charge on any atom is 0.0312 e. The van der Waals surface area contributed by atoms with Crippen LogP contribution < -0.4 is 5.32 Å². The van der Waals surface area contributed by atoms with Gasteiger partial charge in [0.2, 0.25) is 0 Å². The van der Waals surface area contributed by atoms with Gasteiger partial charge in [-0.25, -0.2) is 0 Å². The highest BCUT2D eigenvalue weighted by molar-refractivity contribution is 5.07. The number of nitrogens with zero attached hydrogens (tertiary/aromatic N) is 2. The van der Waals surface area contributed by atoms with Crippen LogP contribution in [0.15, 0.2) is 24.5 Å². The summed E-state index contributed by atoms with van der Waals surface area (Å²) in [6, 6.07) is 4.10. The second-order valence-electron chi connectivity index (χ2n) is 4.87. The Kier molecular flexibility index (Phi) is 4.95. The second-order valence-corrected chi connectivity index (χ2v) is 4.87. The quantitative estimate of drug-likeness (QED) is 0.695. The molecular weight excluding hydrogens is 210 g/mol. The molecule has 0 amide bonds. The molecule has 1 aliphatic carbocycles. The van der Waals surface area contributed by atoms with E-state index in [2.05, 4.69) is 28.2 Å². The van der Waals surface area contributed by atoms with E-state index in [0.717, 1.165) is 25.6 Å². The van der Waals surface area contributed by atoms with Crippen LogP contribution in [0.2, 0.25) is 0 Å². The van der Waals surface area contributed by atoms with Gasteiger partial charge in [0.1, 0.15) is 0 Å². The molecule has 1 fully saturated rings. The molecule has 0 spiro atoms. The minimum atomic E-state index is 0.925. The van der Waals surface area contributed by atoms with Crippen molar-refractivity contribution >= 4 is 0 Å². The fourth-order valence-electron chi connectivity index (χ4n) is 2.02. The van der Waals surface area contributed by atoms with Crippen LogP contribution in [0, 0.1) is 5.92 Å². The second kappa shape index (κ2) is 6.72. The summed E-state index contributed by atoms with van der Waals surface area (Å²) in [5, 5.41) is 3.48. The van der Waals surface area contributed by atoms with Crippen LogP contribution in [0.3, 0.4) is 0 Å². The third kappa shape index (κ3) is 4.84. The summed E-state index contributed by atoms with van der Waals surface area (Å²) in [4.78, 5) is 6.66. The van der Waals surface area contributed by atoms with Gasteiger partial charge < -0.3 is 10.2 Å². The molecule has 17 heavy (non-hydrogen) atoms. The summed E-state index contributed by atoms with van der Waals surface area (Å²) in [6.45, 7) is 7.87. The van der Waals surface area contributed by atoms with E-state index in [1.807, 2.05) is 18.5 Å². The van der Waals surface area contributed by atoms with Gasteiger partial charge in [-0.1, -0.05) is 13.0 Å². The van der Waals surface area contributed by atoms with Crippen molar-refractivity contribution < 1.29 is 0 Å². The smallest absolute Gasteiger partial charge is 0.0312 e. The first kappa shape index (κ1) is 12.5. The van der Waals surface area contributed by atoms with Crippen LogP contribution in [-0.2, 0) is 6.54 Å². The molecule has 94 valence electrons. The van der Waals surface area contributed by atoms with Crippen molar-refractivity contribution in [3.05, 3.63) is 30.1 Å². The van der Waals surface area contributed by atoms with Gasteiger partial charge in [-0.3, -0.25) is 4.98 Å². The largest absolute Gasteiger partial charge is 0.311 e. The standard InChI is InChI=1S/C14H23N3/c1-2-17(12-13-5-6-13)9-8-16-11-14-4-3-7-15-10-14/h3-4,7,10,13,16H,2,5-6,8-9,11-12H2,1H3. The van der Waals surface area contributed by atoms with Crippen molar-refractivity contribution in [3.8, 4) is 0 Å². The fourth-order valence-corrected chi connectivity index (χ4v) is 2.02. The van der Waals surface area contributed by atoms with Crippen molar-refractivity contribution in [1.29, 1.82) is 0 Å². The Labute approximate surface area is 104 Å². The zero-order chi connectivity index (χ0) is 11.9.